The molecule has 0 bridgehead atoms. The minimum absolute atomic E-state index is 0.245. The monoisotopic (exact) mass is 388 g/mol. The number of hydrogen-bond acceptors (Lipinski definition) is 3. The summed E-state index contributed by atoms with van der Waals surface area (Å²) in [7, 11) is 0. The third kappa shape index (κ3) is 4.50. The molecule has 1 aliphatic rings. The summed E-state index contributed by atoms with van der Waals surface area (Å²) in [6, 6.07) is 13.8. The van der Waals surface area contributed by atoms with Gasteiger partial charge in [0.25, 0.3) is 0 Å². The van der Waals surface area contributed by atoms with E-state index < -0.39 is 0 Å². The summed E-state index contributed by atoms with van der Waals surface area (Å²) in [6.07, 6.45) is 3.77. The van der Waals surface area contributed by atoms with Gasteiger partial charge in [0, 0.05) is 29.9 Å². The van der Waals surface area contributed by atoms with E-state index in [1.54, 1.807) is 0 Å². The molecular formula is C24H28N4O. The van der Waals surface area contributed by atoms with E-state index in [1.165, 1.54) is 24.8 Å². The highest BCUT2D eigenvalue weighted by Gasteiger charge is 2.14. The number of aryl methyl sites for hydroxylation is 3. The van der Waals surface area contributed by atoms with E-state index in [9.17, 15) is 4.79 Å². The number of fused-ring (bicyclic) bond motifs is 1. The summed E-state index contributed by atoms with van der Waals surface area (Å²) in [5.74, 6) is 1.06. The van der Waals surface area contributed by atoms with Crippen molar-refractivity contribution in [1.29, 1.82) is 0 Å². The van der Waals surface area contributed by atoms with Crippen molar-refractivity contribution < 1.29 is 4.79 Å². The third-order valence-corrected chi connectivity index (χ3v) is 5.42. The molecule has 5 nitrogen and oxygen atoms in total. The Hall–Kier alpha value is -3.08. The van der Waals surface area contributed by atoms with Crippen LogP contribution in [0.2, 0.25) is 0 Å². The first-order chi connectivity index (χ1) is 14.0. The first-order valence-electron chi connectivity index (χ1n) is 10.3. The highest BCUT2D eigenvalue weighted by atomic mass is 16.2. The fourth-order valence-electron chi connectivity index (χ4n) is 4.08. The van der Waals surface area contributed by atoms with E-state index in [4.69, 9.17) is 4.98 Å². The molecule has 1 fully saturated rings. The van der Waals surface area contributed by atoms with Crippen LogP contribution in [-0.2, 0) is 0 Å². The van der Waals surface area contributed by atoms with Crippen LogP contribution in [0, 0.1) is 20.8 Å². The molecule has 29 heavy (non-hydrogen) atoms. The molecule has 3 aromatic rings. The van der Waals surface area contributed by atoms with Crippen molar-refractivity contribution >= 4 is 34.1 Å². The smallest absolute Gasteiger partial charge is 0.323 e. The second-order valence-electron chi connectivity index (χ2n) is 8.03. The summed E-state index contributed by atoms with van der Waals surface area (Å²) in [5.41, 5.74) is 5.94. The molecule has 0 radical (unpaired) electrons. The van der Waals surface area contributed by atoms with Crippen molar-refractivity contribution in [1.82, 2.24) is 4.98 Å². The molecule has 0 saturated carbocycles. The van der Waals surface area contributed by atoms with E-state index in [0.29, 0.717) is 0 Å². The average Bonchev–Trinajstić information content (AvgIpc) is 2.68. The molecule has 5 heteroatoms. The maximum absolute atomic E-state index is 12.4. The van der Waals surface area contributed by atoms with Gasteiger partial charge in [0.1, 0.15) is 5.82 Å². The van der Waals surface area contributed by atoms with Crippen molar-refractivity contribution in [3.8, 4) is 0 Å². The first-order valence-corrected chi connectivity index (χ1v) is 10.3. The molecule has 150 valence electrons. The van der Waals surface area contributed by atoms with E-state index in [0.717, 1.165) is 52.3 Å². The highest BCUT2D eigenvalue weighted by Crippen LogP contribution is 2.27. The van der Waals surface area contributed by atoms with Crippen molar-refractivity contribution in [3.63, 3.8) is 0 Å². The van der Waals surface area contributed by atoms with Crippen LogP contribution < -0.4 is 15.5 Å². The molecule has 0 spiro atoms. The van der Waals surface area contributed by atoms with Crippen molar-refractivity contribution in [2.45, 2.75) is 40.0 Å². The number of carbonyl (C=O) groups excluding carboxylic acids is 1. The largest absolute Gasteiger partial charge is 0.357 e. The van der Waals surface area contributed by atoms with Crippen LogP contribution in [0.25, 0.3) is 10.9 Å². The number of nitrogens with one attached hydrogen (secondary N) is 2. The lowest BCUT2D eigenvalue weighted by Crippen LogP contribution is -2.30. The zero-order valence-electron chi connectivity index (χ0n) is 17.4. The molecule has 2 N–H and O–H groups in total. The number of anilines is 3. The molecule has 1 saturated heterocycles. The molecule has 2 aromatic carbocycles. The molecule has 1 aliphatic heterocycles. The number of pyridine rings is 1. The predicted octanol–water partition coefficient (Wildman–Crippen LogP) is 5.79. The number of benzene rings is 2. The van der Waals surface area contributed by atoms with Crippen LogP contribution in [0.1, 0.15) is 36.0 Å². The van der Waals surface area contributed by atoms with Crippen LogP contribution in [0.4, 0.5) is 22.0 Å². The lowest BCUT2D eigenvalue weighted by Gasteiger charge is -2.28. The van der Waals surface area contributed by atoms with Gasteiger partial charge in [0.05, 0.1) is 5.52 Å². The molecule has 0 atom stereocenters. The van der Waals surface area contributed by atoms with Gasteiger partial charge in [-0.05, 0) is 93.1 Å². The van der Waals surface area contributed by atoms with E-state index >= 15 is 0 Å². The lowest BCUT2D eigenvalue weighted by atomic mass is 10.1. The van der Waals surface area contributed by atoms with Crippen molar-refractivity contribution in [3.05, 3.63) is 59.2 Å². The van der Waals surface area contributed by atoms with Crippen LogP contribution >= 0.6 is 0 Å². The fraction of sp³-hybridized carbons (Fsp3) is 0.333. The molecule has 1 aromatic heterocycles. The van der Waals surface area contributed by atoms with Crippen LogP contribution in [-0.4, -0.2) is 24.1 Å². The minimum atomic E-state index is -0.245. The highest BCUT2D eigenvalue weighted by molar-refractivity contribution is 6.01. The van der Waals surface area contributed by atoms with Gasteiger partial charge in [-0.1, -0.05) is 6.07 Å². The number of rotatable bonds is 3. The van der Waals surface area contributed by atoms with Gasteiger partial charge in [-0.15, -0.1) is 0 Å². The summed E-state index contributed by atoms with van der Waals surface area (Å²) in [4.78, 5) is 19.7. The first kappa shape index (κ1) is 19.2. The molecular weight excluding hydrogens is 360 g/mol. The lowest BCUT2D eigenvalue weighted by molar-refractivity contribution is 0.262. The van der Waals surface area contributed by atoms with E-state index in [2.05, 4.69) is 34.6 Å². The summed E-state index contributed by atoms with van der Waals surface area (Å²) >= 11 is 0. The second kappa shape index (κ2) is 8.11. The molecule has 0 unspecified atom stereocenters. The zero-order chi connectivity index (χ0) is 20.4. The molecule has 2 amide bonds. The van der Waals surface area contributed by atoms with Gasteiger partial charge in [-0.2, -0.15) is 0 Å². The van der Waals surface area contributed by atoms with Crippen LogP contribution in [0.15, 0.2) is 42.5 Å². The number of aromatic nitrogens is 1. The Balaban J connectivity index is 1.52. The maximum Gasteiger partial charge on any atom is 0.323 e. The van der Waals surface area contributed by atoms with Gasteiger partial charge < -0.3 is 15.5 Å². The number of nitrogens with zero attached hydrogens (tertiary/aromatic N) is 2. The Morgan fingerprint density at radius 2 is 1.55 bits per heavy atom. The third-order valence-electron chi connectivity index (χ3n) is 5.42. The average molecular weight is 389 g/mol. The zero-order valence-corrected chi connectivity index (χ0v) is 17.4. The Morgan fingerprint density at radius 1 is 0.862 bits per heavy atom. The second-order valence-corrected chi connectivity index (χ2v) is 8.03. The van der Waals surface area contributed by atoms with E-state index in [-0.39, 0.29) is 6.03 Å². The summed E-state index contributed by atoms with van der Waals surface area (Å²) < 4.78 is 0. The predicted molar refractivity (Wildman–Crippen MR) is 121 cm³/mol. The quantitative estimate of drug-likeness (QED) is 0.597. The number of hydrogen-bond donors (Lipinski definition) is 2. The summed E-state index contributed by atoms with van der Waals surface area (Å²) in [6.45, 7) is 8.31. The van der Waals surface area contributed by atoms with Gasteiger partial charge in [0.15, 0.2) is 0 Å². The van der Waals surface area contributed by atoms with Gasteiger partial charge in [-0.25, -0.2) is 9.78 Å². The van der Waals surface area contributed by atoms with Gasteiger partial charge >= 0.3 is 6.03 Å². The standard InChI is InChI=1S/C24H28N4O/c1-16-11-17(2)13-20(12-16)26-24(29)25-19-7-8-22-21(15-19)18(3)14-23(27-22)28-9-5-4-6-10-28/h7-8,11-15H,4-6,9-10H2,1-3H3,(H2,25,26,29). The number of piperidine rings is 1. The van der Waals surface area contributed by atoms with Crippen LogP contribution in [0.5, 0.6) is 0 Å². The Labute approximate surface area is 172 Å². The SMILES string of the molecule is Cc1cc(C)cc(NC(=O)Nc2ccc3nc(N4CCCCC4)cc(C)c3c2)c1. The minimum Gasteiger partial charge on any atom is -0.357 e. The van der Waals surface area contributed by atoms with E-state index in [1.807, 2.05) is 44.2 Å². The van der Waals surface area contributed by atoms with Crippen molar-refractivity contribution in [2.75, 3.05) is 28.6 Å². The number of amides is 2. The Bertz CT molecular complexity index is 1030. The Kier molecular flexibility index (Phi) is 5.38. The topological polar surface area (TPSA) is 57.3 Å². The van der Waals surface area contributed by atoms with Crippen molar-refractivity contribution in [2.24, 2.45) is 0 Å². The normalized spacial score (nSPS) is 14.1. The maximum atomic E-state index is 12.4. The van der Waals surface area contributed by atoms with Gasteiger partial charge in [-0.3, -0.25) is 0 Å². The number of carbonyl (C=O) groups is 1. The summed E-state index contributed by atoms with van der Waals surface area (Å²) in [5, 5.41) is 6.92. The van der Waals surface area contributed by atoms with Crippen LogP contribution in [0.3, 0.4) is 0 Å². The molecule has 2 heterocycles. The molecule has 4 rings (SSSR count). The Morgan fingerprint density at radius 3 is 2.28 bits per heavy atom. The number of urea groups is 1. The fourth-order valence-corrected chi connectivity index (χ4v) is 4.08. The van der Waals surface area contributed by atoms with Gasteiger partial charge in [0.2, 0.25) is 0 Å². The molecule has 0 aliphatic carbocycles.